The van der Waals surface area contributed by atoms with Crippen LogP contribution in [-0.2, 0) is 7.05 Å². The number of hydrogen-bond donors (Lipinski definition) is 2. The number of fused-ring (bicyclic) bond motifs is 3. The molecule has 2 atom stereocenters. The molecule has 0 radical (unpaired) electrons. The van der Waals surface area contributed by atoms with Crippen molar-refractivity contribution >= 4 is 16.9 Å². The number of H-pyrrole nitrogens is 1. The number of aromatic amines is 1. The summed E-state index contributed by atoms with van der Waals surface area (Å²) in [5, 5.41) is 9.00. The molecule has 2 saturated heterocycles. The Balaban J connectivity index is 1.58. The van der Waals surface area contributed by atoms with E-state index in [4.69, 9.17) is 0 Å². The molecule has 2 N–H and O–H groups in total. The molecular formula is C16H19N7. The van der Waals surface area contributed by atoms with Crippen LogP contribution in [0.4, 0.5) is 5.82 Å². The van der Waals surface area contributed by atoms with Crippen molar-refractivity contribution in [3.63, 3.8) is 0 Å². The largest absolute Gasteiger partial charge is 0.353 e. The minimum absolute atomic E-state index is 0.593. The monoisotopic (exact) mass is 309 g/mol. The summed E-state index contributed by atoms with van der Waals surface area (Å²) in [6.07, 6.45) is 8.06. The maximum Gasteiger partial charge on any atom is 0.143 e. The molecular weight excluding hydrogens is 290 g/mol. The van der Waals surface area contributed by atoms with Crippen LogP contribution in [0.25, 0.3) is 22.3 Å². The van der Waals surface area contributed by atoms with Gasteiger partial charge < -0.3 is 15.2 Å². The SMILES string of the molecule is Cn1cc(-c2cc3c(N4CC5CCC(C4)N5)ncnc3[nH]2)cn1. The second-order valence-electron chi connectivity index (χ2n) is 6.59. The molecule has 23 heavy (non-hydrogen) atoms. The highest BCUT2D eigenvalue weighted by molar-refractivity contribution is 5.91. The van der Waals surface area contributed by atoms with Gasteiger partial charge in [-0.2, -0.15) is 5.10 Å². The molecule has 3 aromatic rings. The van der Waals surface area contributed by atoms with Gasteiger partial charge in [0.15, 0.2) is 0 Å². The topological polar surface area (TPSA) is 74.7 Å². The van der Waals surface area contributed by atoms with Crippen LogP contribution in [0.5, 0.6) is 0 Å². The molecule has 5 heterocycles. The molecule has 118 valence electrons. The number of hydrogen-bond acceptors (Lipinski definition) is 5. The summed E-state index contributed by atoms with van der Waals surface area (Å²) in [5.41, 5.74) is 2.99. The number of rotatable bonds is 2. The predicted molar refractivity (Wildman–Crippen MR) is 88.2 cm³/mol. The number of aromatic nitrogens is 5. The third-order valence-corrected chi connectivity index (χ3v) is 4.94. The van der Waals surface area contributed by atoms with Gasteiger partial charge >= 0.3 is 0 Å². The predicted octanol–water partition coefficient (Wildman–Crippen LogP) is 1.30. The van der Waals surface area contributed by atoms with E-state index in [1.165, 1.54) is 12.8 Å². The van der Waals surface area contributed by atoms with Crippen LogP contribution in [0, 0.1) is 0 Å². The Kier molecular flexibility index (Phi) is 2.72. The van der Waals surface area contributed by atoms with Gasteiger partial charge in [0.2, 0.25) is 0 Å². The van der Waals surface area contributed by atoms with Gasteiger partial charge in [-0.15, -0.1) is 0 Å². The lowest BCUT2D eigenvalue weighted by Gasteiger charge is -2.33. The first-order chi connectivity index (χ1) is 11.3. The summed E-state index contributed by atoms with van der Waals surface area (Å²) in [5.74, 6) is 1.04. The summed E-state index contributed by atoms with van der Waals surface area (Å²) < 4.78 is 1.81. The average Bonchev–Trinajstić information content (AvgIpc) is 3.25. The van der Waals surface area contributed by atoms with E-state index < -0.39 is 0 Å². The van der Waals surface area contributed by atoms with Gasteiger partial charge in [-0.05, 0) is 18.9 Å². The van der Waals surface area contributed by atoms with Crippen molar-refractivity contribution in [1.29, 1.82) is 0 Å². The van der Waals surface area contributed by atoms with Crippen molar-refractivity contribution in [2.24, 2.45) is 7.05 Å². The van der Waals surface area contributed by atoms with Crippen LogP contribution in [0.1, 0.15) is 12.8 Å². The van der Waals surface area contributed by atoms with Gasteiger partial charge in [0.25, 0.3) is 0 Å². The Bertz CT molecular complexity index is 852. The molecule has 3 aromatic heterocycles. The molecule has 2 aliphatic heterocycles. The summed E-state index contributed by atoms with van der Waals surface area (Å²) in [6.45, 7) is 2.05. The zero-order chi connectivity index (χ0) is 15.4. The van der Waals surface area contributed by atoms with E-state index in [0.29, 0.717) is 12.1 Å². The van der Waals surface area contributed by atoms with Crippen molar-refractivity contribution in [3.05, 3.63) is 24.8 Å². The molecule has 0 saturated carbocycles. The van der Waals surface area contributed by atoms with Crippen LogP contribution in [0.2, 0.25) is 0 Å². The van der Waals surface area contributed by atoms with Crippen molar-refractivity contribution in [3.8, 4) is 11.3 Å². The Morgan fingerprint density at radius 3 is 2.74 bits per heavy atom. The lowest BCUT2D eigenvalue weighted by Crippen LogP contribution is -2.51. The fourth-order valence-electron chi connectivity index (χ4n) is 3.86. The number of nitrogens with one attached hydrogen (secondary N) is 2. The smallest absolute Gasteiger partial charge is 0.143 e. The van der Waals surface area contributed by atoms with Crippen LogP contribution in [0.3, 0.4) is 0 Å². The van der Waals surface area contributed by atoms with Gasteiger partial charge in [-0.1, -0.05) is 0 Å². The normalized spacial score (nSPS) is 23.8. The minimum atomic E-state index is 0.593. The molecule has 2 fully saturated rings. The molecule has 2 bridgehead atoms. The maximum atomic E-state index is 4.59. The number of nitrogens with zero attached hydrogens (tertiary/aromatic N) is 5. The Morgan fingerprint density at radius 1 is 1.17 bits per heavy atom. The summed E-state index contributed by atoms with van der Waals surface area (Å²) >= 11 is 0. The highest BCUT2D eigenvalue weighted by atomic mass is 15.3. The van der Waals surface area contributed by atoms with Crippen molar-refractivity contribution < 1.29 is 0 Å². The molecule has 0 aromatic carbocycles. The second-order valence-corrected chi connectivity index (χ2v) is 6.59. The van der Waals surface area contributed by atoms with E-state index >= 15 is 0 Å². The van der Waals surface area contributed by atoms with Gasteiger partial charge in [0, 0.05) is 44.0 Å². The first kappa shape index (κ1) is 13.1. The number of anilines is 1. The van der Waals surface area contributed by atoms with E-state index in [1.807, 2.05) is 19.4 Å². The van der Waals surface area contributed by atoms with E-state index in [9.17, 15) is 0 Å². The van der Waals surface area contributed by atoms with Crippen LogP contribution >= 0.6 is 0 Å². The number of aryl methyl sites for hydroxylation is 1. The molecule has 0 aliphatic carbocycles. The summed E-state index contributed by atoms with van der Waals surface area (Å²) in [6, 6.07) is 3.33. The first-order valence-corrected chi connectivity index (χ1v) is 8.10. The van der Waals surface area contributed by atoms with Gasteiger partial charge in [-0.25, -0.2) is 9.97 Å². The van der Waals surface area contributed by atoms with Crippen LogP contribution in [0.15, 0.2) is 24.8 Å². The van der Waals surface area contributed by atoms with Crippen molar-refractivity contribution in [2.75, 3.05) is 18.0 Å². The quantitative estimate of drug-likeness (QED) is 0.746. The molecule has 7 heteroatoms. The molecule has 5 rings (SSSR count). The van der Waals surface area contributed by atoms with Crippen LogP contribution in [-0.4, -0.2) is 49.9 Å². The Hall–Kier alpha value is -2.41. The Morgan fingerprint density at radius 2 is 2.00 bits per heavy atom. The maximum absolute atomic E-state index is 4.59. The lowest BCUT2D eigenvalue weighted by atomic mass is 10.2. The van der Waals surface area contributed by atoms with E-state index in [1.54, 1.807) is 11.0 Å². The third-order valence-electron chi connectivity index (χ3n) is 4.94. The number of piperazine rings is 1. The minimum Gasteiger partial charge on any atom is -0.353 e. The third kappa shape index (κ3) is 2.11. The molecule has 2 aliphatic rings. The first-order valence-electron chi connectivity index (χ1n) is 8.10. The Labute approximate surface area is 133 Å². The highest BCUT2D eigenvalue weighted by Gasteiger charge is 2.33. The summed E-state index contributed by atoms with van der Waals surface area (Å²) in [4.78, 5) is 14.8. The van der Waals surface area contributed by atoms with Gasteiger partial charge in [0.1, 0.15) is 17.8 Å². The molecule has 7 nitrogen and oxygen atoms in total. The summed E-state index contributed by atoms with van der Waals surface area (Å²) in [7, 11) is 1.92. The van der Waals surface area contributed by atoms with Crippen molar-refractivity contribution in [2.45, 2.75) is 24.9 Å². The van der Waals surface area contributed by atoms with E-state index in [2.05, 4.69) is 36.3 Å². The zero-order valence-electron chi connectivity index (χ0n) is 13.0. The van der Waals surface area contributed by atoms with Crippen LogP contribution < -0.4 is 10.2 Å². The standard InChI is InChI=1S/C16H19N7/c1-22-6-10(5-19-22)14-4-13-15(21-14)17-9-18-16(13)23-7-11-2-3-12(8-23)20-11/h4-6,9,11-12,20H,2-3,7-8H2,1H3,(H,17,18,21). The van der Waals surface area contributed by atoms with Crippen molar-refractivity contribution in [1.82, 2.24) is 30.0 Å². The van der Waals surface area contributed by atoms with E-state index in [0.717, 1.165) is 41.2 Å². The van der Waals surface area contributed by atoms with Gasteiger partial charge in [-0.3, -0.25) is 4.68 Å². The van der Waals surface area contributed by atoms with E-state index in [-0.39, 0.29) is 0 Å². The fraction of sp³-hybridized carbons (Fsp3) is 0.438. The second kappa shape index (κ2) is 4.79. The fourth-order valence-corrected chi connectivity index (χ4v) is 3.86. The molecule has 0 amide bonds. The average molecular weight is 309 g/mol. The zero-order valence-corrected chi connectivity index (χ0v) is 13.0. The highest BCUT2D eigenvalue weighted by Crippen LogP contribution is 2.31. The lowest BCUT2D eigenvalue weighted by molar-refractivity contribution is 0.464. The van der Waals surface area contributed by atoms with Gasteiger partial charge in [0.05, 0.1) is 17.3 Å². The molecule has 2 unspecified atom stereocenters. The molecule has 0 spiro atoms.